The summed E-state index contributed by atoms with van der Waals surface area (Å²) >= 11 is 0. The van der Waals surface area contributed by atoms with Crippen LogP contribution in [0.2, 0.25) is 0 Å². The second-order valence-corrected chi connectivity index (χ2v) is 7.46. The van der Waals surface area contributed by atoms with Crippen LogP contribution in [-0.4, -0.2) is 23.1 Å². The minimum absolute atomic E-state index is 0. The van der Waals surface area contributed by atoms with Gasteiger partial charge in [0.15, 0.2) is 0 Å². The molecule has 0 aliphatic heterocycles. The Hall–Kier alpha value is -1.94. The van der Waals surface area contributed by atoms with E-state index in [9.17, 15) is 4.57 Å². The zero-order valence-electron chi connectivity index (χ0n) is 17.7. The van der Waals surface area contributed by atoms with Crippen molar-refractivity contribution in [2.75, 3.05) is 0 Å². The fraction of sp³-hybridized carbons (Fsp3) is 0.143. The number of aryl methyl sites for hydroxylation is 3. The second-order valence-electron chi connectivity index (χ2n) is 6.02. The number of benzene rings is 3. The summed E-state index contributed by atoms with van der Waals surface area (Å²) in [6, 6.07) is 22.0. The van der Waals surface area contributed by atoms with Gasteiger partial charge in [0.05, 0.1) is 0 Å². The zero-order valence-corrected chi connectivity index (χ0v) is 18.0. The third-order valence-electron chi connectivity index (χ3n) is 3.91. The molecule has 0 bridgehead atoms. The molecule has 0 aliphatic rings. The van der Waals surface area contributed by atoms with Crippen LogP contribution in [0.4, 0.5) is 0 Å². The van der Waals surface area contributed by atoms with Gasteiger partial charge in [0, 0.05) is 0 Å². The Labute approximate surface area is 179 Å². The largest absolute Gasteiger partial charge is 2.00 e. The van der Waals surface area contributed by atoms with Gasteiger partial charge in [0.25, 0.3) is 0 Å². The van der Waals surface area contributed by atoms with Crippen molar-refractivity contribution < 1.29 is 21.0 Å². The summed E-state index contributed by atoms with van der Waals surface area (Å²) in [5.74, 6) is 1.37. The van der Waals surface area contributed by atoms with Crippen molar-refractivity contribution in [2.45, 2.75) is 20.8 Å². The normalized spacial score (nSPS) is 10.6. The molecule has 0 N–H and O–H groups in total. The molecule has 0 fully saturated rings. The molecular weight excluding hydrogens is 372 g/mol. The molecule has 27 heavy (non-hydrogen) atoms. The van der Waals surface area contributed by atoms with Crippen LogP contribution in [-0.2, 0) is 4.57 Å². The molecule has 0 radical (unpaired) electrons. The van der Waals surface area contributed by atoms with Gasteiger partial charge in [-0.15, -0.1) is 0 Å². The summed E-state index contributed by atoms with van der Waals surface area (Å²) < 4.78 is 30.8. The predicted octanol–water partition coefficient (Wildman–Crippen LogP) is 6.10. The summed E-state index contributed by atoms with van der Waals surface area (Å²) in [5, 5.41) is 0. The van der Waals surface area contributed by atoms with E-state index in [0.717, 1.165) is 16.7 Å². The van der Waals surface area contributed by atoms with E-state index in [1.165, 1.54) is 0 Å². The van der Waals surface area contributed by atoms with Crippen LogP contribution >= 0.6 is 7.82 Å². The topological polar surface area (TPSA) is 44.8 Å². The van der Waals surface area contributed by atoms with Crippen LogP contribution in [0.25, 0.3) is 0 Å². The van der Waals surface area contributed by atoms with Crippen LogP contribution in [0.3, 0.4) is 0 Å². The molecule has 0 heterocycles. The smallest absolute Gasteiger partial charge is 1.00 e. The minimum atomic E-state index is -3.97. The fourth-order valence-electron chi connectivity index (χ4n) is 2.39. The first-order chi connectivity index (χ1) is 12.5. The number of rotatable bonds is 6. The maximum absolute atomic E-state index is 13.5. The van der Waals surface area contributed by atoms with Crippen LogP contribution in [0.5, 0.6) is 17.2 Å². The molecule has 3 aromatic carbocycles. The molecule has 4 nitrogen and oxygen atoms in total. The monoisotopic (exact) mass is 394 g/mol. The summed E-state index contributed by atoms with van der Waals surface area (Å²) in [4.78, 5) is 0. The summed E-state index contributed by atoms with van der Waals surface area (Å²) in [6.07, 6.45) is 0. The van der Waals surface area contributed by atoms with Crippen molar-refractivity contribution in [3.05, 3.63) is 89.5 Å². The summed E-state index contributed by atoms with van der Waals surface area (Å²) in [7, 11) is -3.97. The van der Waals surface area contributed by atoms with Crippen LogP contribution in [0.1, 0.15) is 19.5 Å². The molecule has 3 aromatic rings. The molecule has 138 valence electrons. The van der Waals surface area contributed by atoms with E-state index in [1.807, 2.05) is 75.4 Å². The van der Waals surface area contributed by atoms with Gasteiger partial charge in [-0.1, -0.05) is 54.6 Å². The molecule has 0 spiro atoms. The molecule has 6 heteroatoms. The molecule has 0 amide bonds. The second kappa shape index (κ2) is 9.31. The van der Waals surface area contributed by atoms with Crippen molar-refractivity contribution >= 4 is 30.9 Å². The number of hydrogen-bond donors (Lipinski definition) is 0. The first-order valence-corrected chi connectivity index (χ1v) is 9.79. The molecule has 0 atom stereocenters. The fourth-order valence-corrected chi connectivity index (χ4v) is 3.84. The van der Waals surface area contributed by atoms with Crippen molar-refractivity contribution in [3.63, 3.8) is 0 Å². The van der Waals surface area contributed by atoms with E-state index in [1.54, 1.807) is 18.2 Å². The van der Waals surface area contributed by atoms with Gasteiger partial charge in [-0.05, 0) is 55.7 Å². The van der Waals surface area contributed by atoms with Crippen molar-refractivity contribution in [1.29, 1.82) is 0 Å². The van der Waals surface area contributed by atoms with Gasteiger partial charge in [-0.3, -0.25) is 0 Å². The van der Waals surface area contributed by atoms with Gasteiger partial charge in [0.1, 0.15) is 17.2 Å². The van der Waals surface area contributed by atoms with Gasteiger partial charge in [-0.25, -0.2) is 0 Å². The molecule has 0 saturated carbocycles. The minimum Gasteiger partial charge on any atom is -1.00 e. The van der Waals surface area contributed by atoms with Crippen molar-refractivity contribution in [3.8, 4) is 17.2 Å². The Balaban J connectivity index is 0.00000261. The average Bonchev–Trinajstić information content (AvgIpc) is 2.61. The number of hydrogen-bond acceptors (Lipinski definition) is 4. The third-order valence-corrected chi connectivity index (χ3v) is 5.17. The molecule has 0 aliphatic carbocycles. The predicted molar refractivity (Wildman–Crippen MR) is 111 cm³/mol. The standard InChI is InChI=1S/C21H21O4P.Mg.2H/c1-16-10-4-7-13-19(16)23-26(22,24-20-14-8-5-11-17(20)2)25-21-15-9-6-12-18(21)3;;;/h4-15H,1-3H3;;;/q;+2;2*-1. The molecule has 0 aromatic heterocycles. The molecule has 3 rings (SSSR count). The molecule has 0 saturated heterocycles. The zero-order chi connectivity index (χ0) is 18.6. The van der Waals surface area contributed by atoms with Gasteiger partial charge in [-0.2, -0.15) is 4.57 Å². The Bertz CT molecular complexity index is 846. The maximum Gasteiger partial charge on any atom is 2.00 e. The van der Waals surface area contributed by atoms with E-state index >= 15 is 0 Å². The summed E-state index contributed by atoms with van der Waals surface area (Å²) in [5.41, 5.74) is 2.53. The number of phosphoric acid groups is 1. The Kier molecular flexibility index (Phi) is 7.37. The van der Waals surface area contributed by atoms with E-state index in [4.69, 9.17) is 13.6 Å². The van der Waals surface area contributed by atoms with Gasteiger partial charge >= 0.3 is 30.9 Å². The van der Waals surface area contributed by atoms with E-state index in [0.29, 0.717) is 17.2 Å². The van der Waals surface area contributed by atoms with Crippen LogP contribution < -0.4 is 13.6 Å². The SMILES string of the molecule is Cc1ccccc1OP(=O)(Oc1ccccc1C)Oc1ccccc1C.[H-].[H-].[Mg+2]. The van der Waals surface area contributed by atoms with E-state index in [2.05, 4.69) is 0 Å². The van der Waals surface area contributed by atoms with Gasteiger partial charge < -0.3 is 16.4 Å². The van der Waals surface area contributed by atoms with E-state index in [-0.39, 0.29) is 25.9 Å². The number of para-hydroxylation sites is 3. The quantitative estimate of drug-likeness (QED) is 0.374. The molecule has 0 unspecified atom stereocenters. The van der Waals surface area contributed by atoms with Gasteiger partial charge in [0.2, 0.25) is 0 Å². The summed E-state index contributed by atoms with van der Waals surface area (Å²) in [6.45, 7) is 5.63. The maximum atomic E-state index is 13.5. The Morgan fingerprint density at radius 1 is 0.593 bits per heavy atom. The first-order valence-electron chi connectivity index (χ1n) is 8.32. The van der Waals surface area contributed by atoms with Crippen molar-refractivity contribution in [2.24, 2.45) is 0 Å². The van der Waals surface area contributed by atoms with Crippen LogP contribution in [0, 0.1) is 20.8 Å². The first kappa shape index (κ1) is 21.4. The molecular formula is C21H23MgO4P. The Morgan fingerprint density at radius 2 is 0.852 bits per heavy atom. The van der Waals surface area contributed by atoms with Crippen molar-refractivity contribution in [1.82, 2.24) is 0 Å². The average molecular weight is 395 g/mol. The number of phosphoric ester groups is 1. The Morgan fingerprint density at radius 3 is 1.11 bits per heavy atom. The third kappa shape index (κ3) is 5.52. The van der Waals surface area contributed by atoms with Crippen LogP contribution in [0.15, 0.2) is 72.8 Å². The van der Waals surface area contributed by atoms with E-state index < -0.39 is 7.82 Å².